The molecular weight excluding hydrogens is 440 g/mol. The summed E-state index contributed by atoms with van der Waals surface area (Å²) in [6.07, 6.45) is 5.85. The highest BCUT2D eigenvalue weighted by atomic mass is 35.5. The fraction of sp³-hybridized carbons (Fsp3) is 0.308. The lowest BCUT2D eigenvalue weighted by atomic mass is 9.78. The predicted octanol–water partition coefficient (Wildman–Crippen LogP) is 6.37. The molecule has 172 valence electrons. The van der Waals surface area contributed by atoms with Gasteiger partial charge >= 0.3 is 6.09 Å². The Labute approximate surface area is 198 Å². The quantitative estimate of drug-likeness (QED) is 0.377. The third-order valence-electron chi connectivity index (χ3n) is 6.09. The molecule has 0 spiro atoms. The first-order chi connectivity index (χ1) is 16.0. The van der Waals surface area contributed by atoms with Crippen molar-refractivity contribution >= 4 is 28.5 Å². The van der Waals surface area contributed by atoms with Crippen molar-refractivity contribution in [3.63, 3.8) is 0 Å². The third-order valence-corrected chi connectivity index (χ3v) is 6.38. The molecule has 1 heterocycles. The van der Waals surface area contributed by atoms with Crippen molar-refractivity contribution in [1.82, 2.24) is 10.3 Å². The van der Waals surface area contributed by atoms with Gasteiger partial charge < -0.3 is 19.9 Å². The first-order valence-electron chi connectivity index (χ1n) is 11.0. The Morgan fingerprint density at radius 2 is 2.00 bits per heavy atom. The highest BCUT2D eigenvalue weighted by molar-refractivity contribution is 6.33. The second kappa shape index (κ2) is 10.1. The van der Waals surface area contributed by atoms with Crippen LogP contribution in [-0.2, 0) is 6.61 Å². The van der Waals surface area contributed by atoms with Crippen LogP contribution in [0.4, 0.5) is 4.79 Å². The number of hydrogen-bond donors (Lipinski definition) is 2. The fourth-order valence-electron chi connectivity index (χ4n) is 4.40. The number of carbonyl (C=O) groups is 1. The Bertz CT molecular complexity index is 1130. The van der Waals surface area contributed by atoms with Gasteiger partial charge in [-0.2, -0.15) is 0 Å². The van der Waals surface area contributed by atoms with Gasteiger partial charge in [-0.25, -0.2) is 9.78 Å². The molecule has 0 radical (unpaired) electrons. The van der Waals surface area contributed by atoms with Crippen LogP contribution in [0.25, 0.3) is 10.8 Å². The first kappa shape index (κ1) is 22.9. The van der Waals surface area contributed by atoms with E-state index in [1.807, 2.05) is 48.5 Å². The summed E-state index contributed by atoms with van der Waals surface area (Å²) in [6.45, 7) is 4.19. The maximum absolute atomic E-state index is 11.2. The smallest absolute Gasteiger partial charge is 0.405 e. The summed E-state index contributed by atoms with van der Waals surface area (Å²) >= 11 is 6.57. The van der Waals surface area contributed by atoms with Crippen LogP contribution in [0, 0.1) is 0 Å². The van der Waals surface area contributed by atoms with Gasteiger partial charge in [0.1, 0.15) is 12.4 Å². The Kier molecular flexibility index (Phi) is 7.04. The van der Waals surface area contributed by atoms with Crippen molar-refractivity contribution in [1.29, 1.82) is 0 Å². The molecule has 1 aromatic heterocycles. The Morgan fingerprint density at radius 1 is 1.24 bits per heavy atom. The summed E-state index contributed by atoms with van der Waals surface area (Å²) in [5.74, 6) is 1.13. The molecule has 1 aliphatic carbocycles. The summed E-state index contributed by atoms with van der Waals surface area (Å²) in [7, 11) is 0. The molecule has 6 nitrogen and oxygen atoms in total. The standard InChI is InChI=1S/C26H27ClN2O4/c1-2-11-26(29-25(30)31)12-8-20(9-13-26)33-23-15-19-10-14-28-24(21(19)16-22(23)27)32-17-18-6-4-3-5-7-18/h2-7,10,14-16,20,29H,1,8-9,11-13,17H2,(H,30,31). The molecule has 2 N–H and O–H groups in total. The number of pyridine rings is 1. The van der Waals surface area contributed by atoms with E-state index in [9.17, 15) is 9.90 Å². The molecule has 0 atom stereocenters. The topological polar surface area (TPSA) is 80.7 Å². The molecule has 3 aromatic rings. The number of halogens is 1. The number of nitrogens with zero attached hydrogens (tertiary/aromatic N) is 1. The molecule has 0 saturated heterocycles. The molecule has 7 heteroatoms. The highest BCUT2D eigenvalue weighted by Gasteiger charge is 2.36. The summed E-state index contributed by atoms with van der Waals surface area (Å²) < 4.78 is 12.2. The van der Waals surface area contributed by atoms with E-state index in [0.717, 1.165) is 29.2 Å². The molecular formula is C26H27ClN2O4. The lowest BCUT2D eigenvalue weighted by Crippen LogP contribution is -2.51. The summed E-state index contributed by atoms with van der Waals surface area (Å²) in [4.78, 5) is 15.6. The summed E-state index contributed by atoms with van der Waals surface area (Å²) in [5, 5.41) is 14.1. The number of nitrogens with one attached hydrogen (secondary N) is 1. The maximum atomic E-state index is 11.2. The number of amides is 1. The number of fused-ring (bicyclic) bond motifs is 1. The minimum Gasteiger partial charge on any atom is -0.489 e. The van der Waals surface area contributed by atoms with E-state index in [0.29, 0.717) is 42.5 Å². The second-order valence-corrected chi connectivity index (χ2v) is 8.82. The normalized spacial score (nSPS) is 20.2. The molecule has 1 aliphatic rings. The van der Waals surface area contributed by atoms with Crippen LogP contribution in [0.3, 0.4) is 0 Å². The largest absolute Gasteiger partial charge is 0.489 e. The Morgan fingerprint density at radius 3 is 2.70 bits per heavy atom. The number of rotatable bonds is 8. The van der Waals surface area contributed by atoms with Crippen molar-refractivity contribution in [2.75, 3.05) is 0 Å². The van der Waals surface area contributed by atoms with Gasteiger partial charge in [-0.3, -0.25) is 0 Å². The Balaban J connectivity index is 1.46. The molecule has 0 unspecified atom stereocenters. The zero-order valence-electron chi connectivity index (χ0n) is 18.3. The van der Waals surface area contributed by atoms with E-state index >= 15 is 0 Å². The number of carboxylic acid groups (broad SMARTS) is 1. The van der Waals surface area contributed by atoms with Gasteiger partial charge in [-0.1, -0.05) is 48.0 Å². The highest BCUT2D eigenvalue weighted by Crippen LogP contribution is 2.38. The molecule has 2 aromatic carbocycles. The number of ether oxygens (including phenoxy) is 2. The monoisotopic (exact) mass is 466 g/mol. The molecule has 0 bridgehead atoms. The van der Waals surface area contributed by atoms with Gasteiger partial charge in [-0.15, -0.1) is 6.58 Å². The third kappa shape index (κ3) is 5.57. The van der Waals surface area contributed by atoms with Crippen molar-refractivity contribution in [2.24, 2.45) is 0 Å². The van der Waals surface area contributed by atoms with Gasteiger partial charge in [0.2, 0.25) is 5.88 Å². The molecule has 1 amide bonds. The van der Waals surface area contributed by atoms with Crippen LogP contribution in [0.1, 0.15) is 37.7 Å². The van der Waals surface area contributed by atoms with Crippen LogP contribution < -0.4 is 14.8 Å². The molecule has 1 fully saturated rings. The predicted molar refractivity (Wildman–Crippen MR) is 129 cm³/mol. The van der Waals surface area contributed by atoms with Crippen molar-refractivity contribution in [3.05, 3.63) is 78.0 Å². The van der Waals surface area contributed by atoms with Gasteiger partial charge in [0.15, 0.2) is 0 Å². The average Bonchev–Trinajstić information content (AvgIpc) is 2.80. The lowest BCUT2D eigenvalue weighted by Gasteiger charge is -2.39. The van der Waals surface area contributed by atoms with Crippen LogP contribution >= 0.6 is 11.6 Å². The minimum atomic E-state index is -1.01. The molecule has 4 rings (SSSR count). The van der Waals surface area contributed by atoms with Crippen LogP contribution in [0.2, 0.25) is 5.02 Å². The summed E-state index contributed by atoms with van der Waals surface area (Å²) in [6, 6.07) is 15.6. The molecule has 33 heavy (non-hydrogen) atoms. The van der Waals surface area contributed by atoms with Crippen molar-refractivity contribution in [3.8, 4) is 11.6 Å². The Hall–Kier alpha value is -3.25. The minimum absolute atomic E-state index is 0.0378. The van der Waals surface area contributed by atoms with E-state index < -0.39 is 11.6 Å². The van der Waals surface area contributed by atoms with E-state index in [-0.39, 0.29) is 6.10 Å². The van der Waals surface area contributed by atoms with Gasteiger partial charge in [0, 0.05) is 17.1 Å². The van der Waals surface area contributed by atoms with Gasteiger partial charge in [0.05, 0.1) is 11.1 Å². The van der Waals surface area contributed by atoms with E-state index in [1.54, 1.807) is 12.3 Å². The maximum Gasteiger partial charge on any atom is 0.405 e. The first-order valence-corrected chi connectivity index (χ1v) is 11.4. The van der Waals surface area contributed by atoms with Crippen molar-refractivity contribution < 1.29 is 19.4 Å². The van der Waals surface area contributed by atoms with Gasteiger partial charge in [0.25, 0.3) is 0 Å². The van der Waals surface area contributed by atoms with E-state index in [2.05, 4.69) is 16.9 Å². The van der Waals surface area contributed by atoms with E-state index in [4.69, 9.17) is 21.1 Å². The van der Waals surface area contributed by atoms with Gasteiger partial charge in [-0.05, 0) is 61.3 Å². The van der Waals surface area contributed by atoms with Crippen LogP contribution in [0.15, 0.2) is 67.4 Å². The lowest BCUT2D eigenvalue weighted by molar-refractivity contribution is 0.0986. The van der Waals surface area contributed by atoms with Crippen molar-refractivity contribution in [2.45, 2.75) is 50.4 Å². The second-order valence-electron chi connectivity index (χ2n) is 8.41. The number of aromatic nitrogens is 1. The summed E-state index contributed by atoms with van der Waals surface area (Å²) in [5.41, 5.74) is 0.585. The molecule has 1 saturated carbocycles. The van der Waals surface area contributed by atoms with Crippen LogP contribution in [0.5, 0.6) is 11.6 Å². The molecule has 0 aliphatic heterocycles. The SMILES string of the molecule is C=CCC1(NC(=O)O)CCC(Oc2cc3ccnc(OCc4ccccc4)c3cc2Cl)CC1. The number of benzene rings is 2. The zero-order chi connectivity index (χ0) is 23.3. The number of hydrogen-bond acceptors (Lipinski definition) is 4. The fourth-order valence-corrected chi connectivity index (χ4v) is 4.61. The van der Waals surface area contributed by atoms with Crippen LogP contribution in [-0.4, -0.2) is 27.8 Å². The zero-order valence-corrected chi connectivity index (χ0v) is 19.1. The average molecular weight is 467 g/mol. The van der Waals surface area contributed by atoms with E-state index in [1.165, 1.54) is 0 Å².